The minimum absolute atomic E-state index is 0.0872. The van der Waals surface area contributed by atoms with E-state index < -0.39 is 0 Å². The van der Waals surface area contributed by atoms with Gasteiger partial charge in [-0.05, 0) is 25.8 Å². The van der Waals surface area contributed by atoms with Gasteiger partial charge in [0.1, 0.15) is 6.10 Å². The van der Waals surface area contributed by atoms with E-state index in [2.05, 4.69) is 22.2 Å². The first kappa shape index (κ1) is 17.2. The molecule has 1 aromatic carbocycles. The molecule has 7 heteroatoms. The number of thiazole rings is 1. The summed E-state index contributed by atoms with van der Waals surface area (Å²) in [4.78, 5) is 18.1. The lowest BCUT2D eigenvalue weighted by molar-refractivity contribution is 0.0934. The Bertz CT molecular complexity index is 944. The minimum atomic E-state index is -0.186. The van der Waals surface area contributed by atoms with Crippen molar-refractivity contribution >= 4 is 11.3 Å². The zero-order valence-corrected chi connectivity index (χ0v) is 15.8. The maximum Gasteiger partial charge on any atom is 0.346 e. The minimum Gasteiger partial charge on any atom is -0.370 e. The van der Waals surface area contributed by atoms with Crippen LogP contribution in [0, 0.1) is 6.92 Å². The van der Waals surface area contributed by atoms with Crippen LogP contribution in [0.25, 0.3) is 0 Å². The lowest BCUT2D eigenvalue weighted by Crippen LogP contribution is -2.25. The average Bonchev–Trinajstić information content (AvgIpc) is 3.36. The molecular weight excluding hydrogens is 348 g/mol. The Labute approximate surface area is 156 Å². The van der Waals surface area contributed by atoms with Gasteiger partial charge in [-0.15, -0.1) is 11.3 Å². The van der Waals surface area contributed by atoms with Crippen LogP contribution in [0.5, 0.6) is 0 Å². The van der Waals surface area contributed by atoms with Crippen molar-refractivity contribution in [3.05, 3.63) is 68.3 Å². The maximum atomic E-state index is 12.8. The van der Waals surface area contributed by atoms with Crippen LogP contribution in [-0.2, 0) is 17.8 Å². The fourth-order valence-corrected chi connectivity index (χ4v) is 4.36. The molecule has 1 fully saturated rings. The Kier molecular flexibility index (Phi) is 4.74. The molecule has 2 atom stereocenters. The van der Waals surface area contributed by atoms with Crippen LogP contribution in [0.3, 0.4) is 0 Å². The highest BCUT2D eigenvalue weighted by Crippen LogP contribution is 2.40. The highest BCUT2D eigenvalue weighted by atomic mass is 32.1. The summed E-state index contributed by atoms with van der Waals surface area (Å²) < 4.78 is 9.30. The van der Waals surface area contributed by atoms with Crippen molar-refractivity contribution < 1.29 is 4.74 Å². The van der Waals surface area contributed by atoms with Gasteiger partial charge in [0, 0.05) is 30.1 Å². The molecule has 1 saturated heterocycles. The van der Waals surface area contributed by atoms with E-state index in [4.69, 9.17) is 4.74 Å². The largest absolute Gasteiger partial charge is 0.370 e. The second-order valence-electron chi connectivity index (χ2n) is 6.49. The second kappa shape index (κ2) is 7.17. The monoisotopic (exact) mass is 370 g/mol. The number of rotatable bonds is 5. The van der Waals surface area contributed by atoms with Crippen LogP contribution in [0.1, 0.15) is 46.6 Å². The Morgan fingerprint density at radius 2 is 2.12 bits per heavy atom. The van der Waals surface area contributed by atoms with E-state index in [9.17, 15) is 4.79 Å². The number of aryl methyl sites for hydroxylation is 1. The average molecular weight is 370 g/mol. The van der Waals surface area contributed by atoms with Gasteiger partial charge >= 0.3 is 5.69 Å². The number of benzene rings is 1. The van der Waals surface area contributed by atoms with Gasteiger partial charge in [-0.1, -0.05) is 30.3 Å². The third kappa shape index (κ3) is 3.12. The third-order valence-corrected chi connectivity index (χ3v) is 5.71. The highest BCUT2D eigenvalue weighted by molar-refractivity contribution is 7.11. The van der Waals surface area contributed by atoms with Crippen molar-refractivity contribution in [1.82, 2.24) is 19.3 Å². The predicted octanol–water partition coefficient (Wildman–Crippen LogP) is 3.12. The predicted molar refractivity (Wildman–Crippen MR) is 101 cm³/mol. The number of ether oxygens (including phenoxy) is 1. The van der Waals surface area contributed by atoms with Gasteiger partial charge in [0.05, 0.1) is 11.6 Å². The lowest BCUT2D eigenvalue weighted by Gasteiger charge is -2.18. The summed E-state index contributed by atoms with van der Waals surface area (Å²) in [6.45, 7) is 5.65. The van der Waals surface area contributed by atoms with Gasteiger partial charge in [-0.3, -0.25) is 4.57 Å². The summed E-state index contributed by atoms with van der Waals surface area (Å²) in [5, 5.41) is 5.66. The maximum absolute atomic E-state index is 12.8. The van der Waals surface area contributed by atoms with Gasteiger partial charge in [0.2, 0.25) is 0 Å². The quantitative estimate of drug-likeness (QED) is 0.692. The smallest absolute Gasteiger partial charge is 0.346 e. The molecule has 136 valence electrons. The first-order valence-corrected chi connectivity index (χ1v) is 9.74. The molecule has 2 aromatic heterocycles. The lowest BCUT2D eigenvalue weighted by atomic mass is 9.92. The molecule has 3 heterocycles. The van der Waals surface area contributed by atoms with Crippen LogP contribution >= 0.6 is 11.3 Å². The van der Waals surface area contributed by atoms with Gasteiger partial charge in [-0.25, -0.2) is 14.5 Å². The number of hydrogen-bond donors (Lipinski definition) is 0. The van der Waals surface area contributed by atoms with Crippen molar-refractivity contribution in [2.24, 2.45) is 0 Å². The van der Waals surface area contributed by atoms with Crippen molar-refractivity contribution in [3.8, 4) is 0 Å². The van der Waals surface area contributed by atoms with Crippen molar-refractivity contribution in [2.75, 3.05) is 6.61 Å². The van der Waals surface area contributed by atoms with Crippen molar-refractivity contribution in [2.45, 2.75) is 45.4 Å². The molecular formula is C19H22N4O2S. The molecule has 1 aliphatic rings. The zero-order chi connectivity index (χ0) is 18.1. The molecule has 0 unspecified atom stereocenters. The zero-order valence-electron chi connectivity index (χ0n) is 15.0. The van der Waals surface area contributed by atoms with Crippen molar-refractivity contribution in [3.63, 3.8) is 0 Å². The van der Waals surface area contributed by atoms with E-state index in [0.717, 1.165) is 22.1 Å². The Morgan fingerprint density at radius 3 is 2.81 bits per heavy atom. The van der Waals surface area contributed by atoms with E-state index >= 15 is 0 Å². The fraction of sp³-hybridized carbons (Fsp3) is 0.421. The van der Waals surface area contributed by atoms with E-state index in [1.807, 2.05) is 38.2 Å². The van der Waals surface area contributed by atoms with Crippen LogP contribution in [0.15, 0.2) is 41.3 Å². The summed E-state index contributed by atoms with van der Waals surface area (Å²) in [5.41, 5.74) is 1.15. The molecule has 0 bridgehead atoms. The van der Waals surface area contributed by atoms with Crippen molar-refractivity contribution in [1.29, 1.82) is 0 Å². The van der Waals surface area contributed by atoms with Crippen LogP contribution in [-0.4, -0.2) is 25.9 Å². The molecule has 0 N–H and O–H groups in total. The van der Waals surface area contributed by atoms with E-state index in [1.165, 1.54) is 10.2 Å². The molecule has 6 nitrogen and oxygen atoms in total. The van der Waals surface area contributed by atoms with E-state index in [0.29, 0.717) is 19.7 Å². The molecule has 3 aromatic rings. The number of aromatic nitrogens is 4. The SMILES string of the molecule is CCn1c([C@H]2OCC[C@H]2c2ccccc2)nn(Cc2cnc(C)s2)c1=O. The standard InChI is InChI=1S/C19H22N4O2S/c1-3-22-18(17-16(9-10-25-17)14-7-5-4-6-8-14)21-23(19(22)24)12-15-11-20-13(2)26-15/h4-8,11,16-17H,3,9-10,12H2,1-2H3/t16-,17-/m0/s1. The van der Waals surface area contributed by atoms with Gasteiger partial charge in [0.25, 0.3) is 0 Å². The van der Waals surface area contributed by atoms with Gasteiger partial charge in [-0.2, -0.15) is 5.10 Å². The van der Waals surface area contributed by atoms with E-state index in [-0.39, 0.29) is 17.7 Å². The third-order valence-electron chi connectivity index (χ3n) is 4.82. The molecule has 0 spiro atoms. The second-order valence-corrected chi connectivity index (χ2v) is 7.80. The molecule has 0 aliphatic carbocycles. The van der Waals surface area contributed by atoms with Gasteiger partial charge < -0.3 is 4.74 Å². The molecule has 0 saturated carbocycles. The molecule has 26 heavy (non-hydrogen) atoms. The van der Waals surface area contributed by atoms with Crippen LogP contribution < -0.4 is 5.69 Å². The first-order valence-electron chi connectivity index (χ1n) is 8.92. The fourth-order valence-electron chi connectivity index (χ4n) is 3.58. The highest BCUT2D eigenvalue weighted by Gasteiger charge is 2.35. The van der Waals surface area contributed by atoms with Gasteiger partial charge in [0.15, 0.2) is 5.82 Å². The molecule has 1 aliphatic heterocycles. The molecule has 0 amide bonds. The van der Waals surface area contributed by atoms with Crippen LogP contribution in [0.4, 0.5) is 0 Å². The summed E-state index contributed by atoms with van der Waals surface area (Å²) in [6.07, 6.45) is 2.57. The Balaban J connectivity index is 1.69. The molecule has 4 rings (SSSR count). The Morgan fingerprint density at radius 1 is 1.31 bits per heavy atom. The normalized spacial score (nSPS) is 19.9. The van der Waals surface area contributed by atoms with Crippen LogP contribution in [0.2, 0.25) is 0 Å². The summed E-state index contributed by atoms with van der Waals surface area (Å²) >= 11 is 1.59. The number of nitrogens with zero attached hydrogens (tertiary/aromatic N) is 4. The summed E-state index contributed by atoms with van der Waals surface area (Å²) in [7, 11) is 0. The summed E-state index contributed by atoms with van der Waals surface area (Å²) in [6, 6.07) is 10.3. The first-order chi connectivity index (χ1) is 12.7. The van der Waals surface area contributed by atoms with E-state index in [1.54, 1.807) is 15.9 Å². The molecule has 0 radical (unpaired) electrons. The topological polar surface area (TPSA) is 61.9 Å². The number of hydrogen-bond acceptors (Lipinski definition) is 5. The summed E-state index contributed by atoms with van der Waals surface area (Å²) in [5.74, 6) is 0.951. The Hall–Kier alpha value is -2.25.